The van der Waals surface area contributed by atoms with Gasteiger partial charge in [-0.15, -0.1) is 0 Å². The summed E-state index contributed by atoms with van der Waals surface area (Å²) in [5.74, 6) is 0.953. The smallest absolute Gasteiger partial charge is 0.262 e. The van der Waals surface area contributed by atoms with Crippen molar-refractivity contribution in [2.75, 3.05) is 18.5 Å². The van der Waals surface area contributed by atoms with Crippen LogP contribution in [-0.4, -0.2) is 24.9 Å². The van der Waals surface area contributed by atoms with E-state index in [1.54, 1.807) is 36.4 Å². The van der Waals surface area contributed by atoms with Gasteiger partial charge in [0.05, 0.1) is 12.3 Å². The number of nitrogens with one attached hydrogen (secondary N) is 1. The van der Waals surface area contributed by atoms with E-state index in [1.807, 2.05) is 26.0 Å². The second kappa shape index (κ2) is 8.72. The van der Waals surface area contributed by atoms with E-state index in [0.29, 0.717) is 35.8 Å². The van der Waals surface area contributed by atoms with E-state index >= 15 is 0 Å². The molecule has 1 N–H and O–H groups in total. The van der Waals surface area contributed by atoms with E-state index in [0.717, 1.165) is 0 Å². The number of Topliss-reactive ketones (excluding diaryl/α,β-unsaturated/α-hetero) is 1. The van der Waals surface area contributed by atoms with Gasteiger partial charge in [0, 0.05) is 12.0 Å². The largest absolute Gasteiger partial charge is 0.492 e. The normalized spacial score (nSPS) is 10.1. The zero-order valence-corrected chi connectivity index (χ0v) is 13.9. The number of amides is 1. The van der Waals surface area contributed by atoms with Gasteiger partial charge in [0.25, 0.3) is 5.91 Å². The Hall–Kier alpha value is -2.82. The van der Waals surface area contributed by atoms with Crippen LogP contribution in [0.15, 0.2) is 48.5 Å². The van der Waals surface area contributed by atoms with E-state index in [4.69, 9.17) is 9.47 Å². The summed E-state index contributed by atoms with van der Waals surface area (Å²) in [7, 11) is 0. The Morgan fingerprint density at radius 3 is 2.33 bits per heavy atom. The van der Waals surface area contributed by atoms with Crippen LogP contribution in [0, 0.1) is 0 Å². The molecule has 0 heterocycles. The quantitative estimate of drug-likeness (QED) is 0.751. The second-order valence-corrected chi connectivity index (χ2v) is 5.07. The van der Waals surface area contributed by atoms with Crippen LogP contribution in [-0.2, 0) is 4.79 Å². The number of hydrogen-bond donors (Lipinski definition) is 1. The van der Waals surface area contributed by atoms with Gasteiger partial charge in [-0.3, -0.25) is 9.59 Å². The molecule has 126 valence electrons. The van der Waals surface area contributed by atoms with E-state index < -0.39 is 0 Å². The molecule has 24 heavy (non-hydrogen) atoms. The van der Waals surface area contributed by atoms with Gasteiger partial charge < -0.3 is 14.8 Å². The van der Waals surface area contributed by atoms with Crippen LogP contribution in [0.25, 0.3) is 0 Å². The third kappa shape index (κ3) is 4.84. The maximum absolute atomic E-state index is 12.0. The topological polar surface area (TPSA) is 64.6 Å². The average molecular weight is 327 g/mol. The standard InChI is InChI=1S/C19H21NO4/c1-3-17(21)14-9-11-15(12-10-14)24-13-19(22)20-16-7-5-6-8-18(16)23-4-2/h5-12H,3-4,13H2,1-2H3,(H,20,22). The second-order valence-electron chi connectivity index (χ2n) is 5.07. The van der Waals surface area contributed by atoms with Crippen LogP contribution in [0.3, 0.4) is 0 Å². The molecule has 0 radical (unpaired) electrons. The summed E-state index contributed by atoms with van der Waals surface area (Å²) in [4.78, 5) is 23.6. The Morgan fingerprint density at radius 1 is 0.958 bits per heavy atom. The van der Waals surface area contributed by atoms with Gasteiger partial charge in [0.15, 0.2) is 12.4 Å². The average Bonchev–Trinajstić information content (AvgIpc) is 2.61. The third-order valence-electron chi connectivity index (χ3n) is 3.33. The lowest BCUT2D eigenvalue weighted by molar-refractivity contribution is -0.118. The number of ketones is 1. The highest BCUT2D eigenvalue weighted by atomic mass is 16.5. The molecule has 2 aromatic rings. The Morgan fingerprint density at radius 2 is 1.67 bits per heavy atom. The molecule has 0 saturated carbocycles. The molecule has 2 aromatic carbocycles. The van der Waals surface area contributed by atoms with Gasteiger partial charge in [0.1, 0.15) is 11.5 Å². The first kappa shape index (κ1) is 17.5. The van der Waals surface area contributed by atoms with Gasteiger partial charge in [0.2, 0.25) is 0 Å². The molecule has 0 aliphatic heterocycles. The first-order valence-electron chi connectivity index (χ1n) is 7.91. The Kier molecular flexibility index (Phi) is 6.37. The molecule has 5 nitrogen and oxygen atoms in total. The summed E-state index contributed by atoms with van der Waals surface area (Å²) < 4.78 is 10.9. The fourth-order valence-electron chi connectivity index (χ4n) is 2.13. The molecule has 0 aromatic heterocycles. The predicted octanol–water partition coefficient (Wildman–Crippen LogP) is 3.70. The summed E-state index contributed by atoms with van der Waals surface area (Å²) >= 11 is 0. The fourth-order valence-corrected chi connectivity index (χ4v) is 2.13. The molecule has 5 heteroatoms. The maximum Gasteiger partial charge on any atom is 0.262 e. The number of anilines is 1. The van der Waals surface area contributed by atoms with E-state index in [1.165, 1.54) is 0 Å². The minimum absolute atomic E-state index is 0.0758. The van der Waals surface area contributed by atoms with E-state index in [-0.39, 0.29) is 18.3 Å². The Bertz CT molecular complexity index is 695. The van der Waals surface area contributed by atoms with Crippen LogP contribution in [0.4, 0.5) is 5.69 Å². The monoisotopic (exact) mass is 327 g/mol. The van der Waals surface area contributed by atoms with Gasteiger partial charge in [-0.05, 0) is 43.3 Å². The number of ether oxygens (including phenoxy) is 2. The summed E-state index contributed by atoms with van der Waals surface area (Å²) in [6.45, 7) is 4.10. The van der Waals surface area contributed by atoms with Gasteiger partial charge in [-0.1, -0.05) is 19.1 Å². The van der Waals surface area contributed by atoms with Crippen LogP contribution in [0.1, 0.15) is 30.6 Å². The van der Waals surface area contributed by atoms with Crippen LogP contribution in [0.2, 0.25) is 0 Å². The Balaban J connectivity index is 1.90. The number of rotatable bonds is 8. The van der Waals surface area contributed by atoms with Crippen molar-refractivity contribution in [3.8, 4) is 11.5 Å². The van der Waals surface area contributed by atoms with Crippen molar-refractivity contribution in [1.82, 2.24) is 0 Å². The maximum atomic E-state index is 12.0. The lowest BCUT2D eigenvalue weighted by Gasteiger charge is -2.12. The fraction of sp³-hybridized carbons (Fsp3) is 0.263. The predicted molar refractivity (Wildman–Crippen MR) is 92.8 cm³/mol. The number of hydrogen-bond acceptors (Lipinski definition) is 4. The lowest BCUT2D eigenvalue weighted by atomic mass is 10.1. The van der Waals surface area contributed by atoms with Gasteiger partial charge in [-0.2, -0.15) is 0 Å². The first-order valence-corrected chi connectivity index (χ1v) is 7.91. The summed E-state index contributed by atoms with van der Waals surface area (Å²) in [5.41, 5.74) is 1.25. The number of carbonyl (C=O) groups is 2. The zero-order chi connectivity index (χ0) is 17.4. The highest BCUT2D eigenvalue weighted by Crippen LogP contribution is 2.23. The molecular weight excluding hydrogens is 306 g/mol. The van der Waals surface area contributed by atoms with Crippen molar-refractivity contribution < 1.29 is 19.1 Å². The highest BCUT2D eigenvalue weighted by Gasteiger charge is 2.08. The van der Waals surface area contributed by atoms with Crippen molar-refractivity contribution in [1.29, 1.82) is 0 Å². The number of para-hydroxylation sites is 2. The molecular formula is C19H21NO4. The zero-order valence-electron chi connectivity index (χ0n) is 13.9. The molecule has 0 saturated heterocycles. The summed E-state index contributed by atoms with van der Waals surface area (Å²) in [6, 6.07) is 14.0. The van der Waals surface area contributed by atoms with E-state index in [2.05, 4.69) is 5.32 Å². The molecule has 0 unspecified atom stereocenters. The summed E-state index contributed by atoms with van der Waals surface area (Å²) in [5, 5.41) is 2.76. The van der Waals surface area contributed by atoms with Crippen molar-refractivity contribution in [3.05, 3.63) is 54.1 Å². The molecule has 1 amide bonds. The van der Waals surface area contributed by atoms with Crippen molar-refractivity contribution in [3.63, 3.8) is 0 Å². The minimum atomic E-state index is -0.282. The van der Waals surface area contributed by atoms with E-state index in [9.17, 15) is 9.59 Å². The molecule has 0 aliphatic rings. The van der Waals surface area contributed by atoms with Crippen molar-refractivity contribution in [2.45, 2.75) is 20.3 Å². The van der Waals surface area contributed by atoms with Crippen LogP contribution in [0.5, 0.6) is 11.5 Å². The van der Waals surface area contributed by atoms with Gasteiger partial charge in [-0.25, -0.2) is 0 Å². The molecule has 0 bridgehead atoms. The lowest BCUT2D eigenvalue weighted by Crippen LogP contribution is -2.20. The summed E-state index contributed by atoms with van der Waals surface area (Å²) in [6.07, 6.45) is 0.460. The van der Waals surface area contributed by atoms with Crippen molar-refractivity contribution >= 4 is 17.4 Å². The molecule has 0 fully saturated rings. The van der Waals surface area contributed by atoms with Crippen molar-refractivity contribution in [2.24, 2.45) is 0 Å². The third-order valence-corrected chi connectivity index (χ3v) is 3.33. The first-order chi connectivity index (χ1) is 11.6. The molecule has 0 spiro atoms. The number of carbonyl (C=O) groups excluding carboxylic acids is 2. The minimum Gasteiger partial charge on any atom is -0.492 e. The molecule has 0 aliphatic carbocycles. The molecule has 0 atom stereocenters. The van der Waals surface area contributed by atoms with Crippen LogP contribution >= 0.6 is 0 Å². The SMILES string of the molecule is CCOc1ccccc1NC(=O)COc1ccc(C(=O)CC)cc1. The Labute approximate surface area is 141 Å². The molecule has 2 rings (SSSR count). The van der Waals surface area contributed by atoms with Crippen LogP contribution < -0.4 is 14.8 Å². The highest BCUT2D eigenvalue weighted by molar-refractivity contribution is 5.96. The van der Waals surface area contributed by atoms with Gasteiger partial charge >= 0.3 is 0 Å². The number of benzene rings is 2.